The van der Waals surface area contributed by atoms with E-state index >= 15 is 0 Å². The van der Waals surface area contributed by atoms with Gasteiger partial charge < -0.3 is 14.7 Å². The standard InChI is InChI=1S/C21H21N3O3/c1-14-8-7-11-17(15(14)2)22-20(25)13-24(3)21(26)19-12-18(23-27-19)16-9-5-4-6-10-16/h4-12H,13H2,1-3H3,(H,22,25). The molecule has 0 aliphatic rings. The number of anilines is 1. The number of benzene rings is 2. The molecule has 6 nitrogen and oxygen atoms in total. The molecule has 0 bridgehead atoms. The van der Waals surface area contributed by atoms with Crippen LogP contribution in [0.1, 0.15) is 21.7 Å². The van der Waals surface area contributed by atoms with Crippen molar-refractivity contribution >= 4 is 17.5 Å². The summed E-state index contributed by atoms with van der Waals surface area (Å²) in [4.78, 5) is 26.1. The highest BCUT2D eigenvalue weighted by molar-refractivity contribution is 5.98. The molecule has 2 amide bonds. The van der Waals surface area contributed by atoms with Crippen molar-refractivity contribution in [2.45, 2.75) is 13.8 Å². The average Bonchev–Trinajstić information content (AvgIpc) is 3.15. The van der Waals surface area contributed by atoms with Gasteiger partial charge in [-0.2, -0.15) is 0 Å². The van der Waals surface area contributed by atoms with Crippen LogP contribution in [0.25, 0.3) is 11.3 Å². The lowest BCUT2D eigenvalue weighted by atomic mass is 10.1. The Hall–Kier alpha value is -3.41. The van der Waals surface area contributed by atoms with E-state index < -0.39 is 5.91 Å². The lowest BCUT2D eigenvalue weighted by molar-refractivity contribution is -0.116. The zero-order valence-electron chi connectivity index (χ0n) is 15.5. The number of hydrogen-bond donors (Lipinski definition) is 1. The predicted octanol–water partition coefficient (Wildman–Crippen LogP) is 3.67. The van der Waals surface area contributed by atoms with E-state index in [1.807, 2.05) is 62.4 Å². The second kappa shape index (κ2) is 7.86. The number of nitrogens with one attached hydrogen (secondary N) is 1. The number of rotatable bonds is 5. The van der Waals surface area contributed by atoms with Crippen LogP contribution in [-0.4, -0.2) is 35.5 Å². The molecule has 0 atom stereocenters. The molecule has 0 spiro atoms. The van der Waals surface area contributed by atoms with Gasteiger partial charge in [-0.25, -0.2) is 0 Å². The highest BCUT2D eigenvalue weighted by atomic mass is 16.5. The molecule has 0 fully saturated rings. The van der Waals surface area contributed by atoms with E-state index in [2.05, 4.69) is 10.5 Å². The summed E-state index contributed by atoms with van der Waals surface area (Å²) in [6, 6.07) is 16.7. The summed E-state index contributed by atoms with van der Waals surface area (Å²) < 4.78 is 5.16. The van der Waals surface area contributed by atoms with E-state index in [0.717, 1.165) is 22.4 Å². The van der Waals surface area contributed by atoms with E-state index in [4.69, 9.17) is 4.52 Å². The van der Waals surface area contributed by atoms with Crippen molar-refractivity contribution in [2.75, 3.05) is 18.9 Å². The van der Waals surface area contributed by atoms with Gasteiger partial charge in [0.1, 0.15) is 5.69 Å². The summed E-state index contributed by atoms with van der Waals surface area (Å²) in [5.41, 5.74) is 4.27. The number of carbonyl (C=O) groups excluding carboxylic acids is 2. The van der Waals surface area contributed by atoms with E-state index in [1.165, 1.54) is 4.90 Å². The number of aryl methyl sites for hydroxylation is 1. The van der Waals surface area contributed by atoms with E-state index in [-0.39, 0.29) is 18.2 Å². The third kappa shape index (κ3) is 4.23. The minimum Gasteiger partial charge on any atom is -0.350 e. The van der Waals surface area contributed by atoms with E-state index in [0.29, 0.717) is 5.69 Å². The summed E-state index contributed by atoms with van der Waals surface area (Å²) in [7, 11) is 1.55. The maximum absolute atomic E-state index is 12.5. The van der Waals surface area contributed by atoms with Crippen LogP contribution < -0.4 is 5.32 Å². The zero-order chi connectivity index (χ0) is 19.4. The Morgan fingerprint density at radius 1 is 1.07 bits per heavy atom. The summed E-state index contributed by atoms with van der Waals surface area (Å²) in [5.74, 6) is -0.584. The molecule has 1 N–H and O–H groups in total. The predicted molar refractivity (Wildman–Crippen MR) is 103 cm³/mol. The van der Waals surface area contributed by atoms with Crippen molar-refractivity contribution in [3.8, 4) is 11.3 Å². The SMILES string of the molecule is Cc1cccc(NC(=O)CN(C)C(=O)c2cc(-c3ccccc3)no2)c1C. The topological polar surface area (TPSA) is 75.4 Å². The van der Waals surface area contributed by atoms with Crippen LogP contribution in [0.2, 0.25) is 0 Å². The minimum atomic E-state index is -0.402. The van der Waals surface area contributed by atoms with Gasteiger partial charge >= 0.3 is 0 Å². The van der Waals surface area contributed by atoms with Crippen molar-refractivity contribution < 1.29 is 14.1 Å². The number of nitrogens with zero attached hydrogens (tertiary/aromatic N) is 2. The molecular weight excluding hydrogens is 342 g/mol. The van der Waals surface area contributed by atoms with Crippen LogP contribution in [0, 0.1) is 13.8 Å². The highest BCUT2D eigenvalue weighted by Gasteiger charge is 2.20. The van der Waals surface area contributed by atoms with Gasteiger partial charge in [0.05, 0.1) is 6.54 Å². The summed E-state index contributed by atoms with van der Waals surface area (Å²) in [6.07, 6.45) is 0. The molecule has 0 aliphatic heterocycles. The largest absolute Gasteiger partial charge is 0.350 e. The van der Waals surface area contributed by atoms with Gasteiger partial charge in [0.25, 0.3) is 5.91 Å². The van der Waals surface area contributed by atoms with Crippen LogP contribution in [-0.2, 0) is 4.79 Å². The monoisotopic (exact) mass is 363 g/mol. The number of amides is 2. The molecule has 0 radical (unpaired) electrons. The fraction of sp³-hybridized carbons (Fsp3) is 0.190. The number of hydrogen-bond acceptors (Lipinski definition) is 4. The van der Waals surface area contributed by atoms with Gasteiger partial charge in [0, 0.05) is 24.4 Å². The molecule has 0 saturated carbocycles. The van der Waals surface area contributed by atoms with Gasteiger partial charge in [-0.15, -0.1) is 0 Å². The van der Waals surface area contributed by atoms with E-state index in [9.17, 15) is 9.59 Å². The Kier molecular flexibility index (Phi) is 5.35. The second-order valence-corrected chi connectivity index (χ2v) is 6.40. The van der Waals surface area contributed by atoms with Crippen molar-refractivity contribution in [2.24, 2.45) is 0 Å². The quantitative estimate of drug-likeness (QED) is 0.750. The molecule has 1 aromatic heterocycles. The first-order valence-electron chi connectivity index (χ1n) is 8.59. The van der Waals surface area contributed by atoms with Crippen LogP contribution in [0.4, 0.5) is 5.69 Å². The molecule has 1 heterocycles. The third-order valence-electron chi connectivity index (χ3n) is 4.40. The first kappa shape index (κ1) is 18.4. The van der Waals surface area contributed by atoms with Crippen molar-refractivity contribution in [1.29, 1.82) is 0 Å². The lowest BCUT2D eigenvalue weighted by Crippen LogP contribution is -2.34. The molecule has 6 heteroatoms. The summed E-state index contributed by atoms with van der Waals surface area (Å²) in [5, 5.41) is 6.78. The molecule has 2 aromatic carbocycles. The Balaban J connectivity index is 1.65. The fourth-order valence-corrected chi connectivity index (χ4v) is 2.67. The van der Waals surface area contributed by atoms with Gasteiger partial charge in [0.15, 0.2) is 0 Å². The number of likely N-dealkylation sites (N-methyl/N-ethyl adjacent to an activating group) is 1. The third-order valence-corrected chi connectivity index (χ3v) is 4.40. The van der Waals surface area contributed by atoms with Gasteiger partial charge in [-0.1, -0.05) is 47.6 Å². The van der Waals surface area contributed by atoms with Crippen LogP contribution in [0.15, 0.2) is 59.1 Å². The second-order valence-electron chi connectivity index (χ2n) is 6.40. The molecule has 0 saturated heterocycles. The molecule has 0 unspecified atom stereocenters. The Morgan fingerprint density at radius 2 is 1.81 bits per heavy atom. The Morgan fingerprint density at radius 3 is 2.56 bits per heavy atom. The minimum absolute atomic E-state index is 0.0897. The molecule has 0 aliphatic carbocycles. The van der Waals surface area contributed by atoms with E-state index in [1.54, 1.807) is 13.1 Å². The smallest absolute Gasteiger partial charge is 0.292 e. The Labute approximate surface area is 157 Å². The lowest BCUT2D eigenvalue weighted by Gasteiger charge is -2.16. The van der Waals surface area contributed by atoms with Crippen LogP contribution in [0.5, 0.6) is 0 Å². The first-order valence-corrected chi connectivity index (χ1v) is 8.59. The summed E-state index contributed by atoms with van der Waals surface area (Å²) >= 11 is 0. The first-order chi connectivity index (χ1) is 13.0. The van der Waals surface area contributed by atoms with Crippen LogP contribution in [0.3, 0.4) is 0 Å². The molecule has 138 valence electrons. The average molecular weight is 363 g/mol. The zero-order valence-corrected chi connectivity index (χ0v) is 15.5. The summed E-state index contributed by atoms with van der Waals surface area (Å²) in [6.45, 7) is 3.84. The maximum Gasteiger partial charge on any atom is 0.292 e. The molecule has 3 aromatic rings. The van der Waals surface area contributed by atoms with Crippen LogP contribution >= 0.6 is 0 Å². The normalized spacial score (nSPS) is 10.5. The molecule has 27 heavy (non-hydrogen) atoms. The van der Waals surface area contributed by atoms with Crippen molar-refractivity contribution in [3.63, 3.8) is 0 Å². The number of carbonyl (C=O) groups is 2. The fourth-order valence-electron chi connectivity index (χ4n) is 2.67. The van der Waals surface area contributed by atoms with Gasteiger partial charge in [-0.05, 0) is 31.0 Å². The number of aromatic nitrogens is 1. The van der Waals surface area contributed by atoms with Gasteiger partial charge in [0.2, 0.25) is 11.7 Å². The van der Waals surface area contributed by atoms with Gasteiger partial charge in [-0.3, -0.25) is 9.59 Å². The maximum atomic E-state index is 12.5. The highest BCUT2D eigenvalue weighted by Crippen LogP contribution is 2.20. The molecule has 3 rings (SSSR count). The van der Waals surface area contributed by atoms with Crippen molar-refractivity contribution in [1.82, 2.24) is 10.1 Å². The molecular formula is C21H21N3O3. The Bertz CT molecular complexity index is 964. The van der Waals surface area contributed by atoms with Crippen molar-refractivity contribution in [3.05, 3.63) is 71.5 Å².